The molecule has 1 aliphatic rings. The van der Waals surface area contributed by atoms with Gasteiger partial charge in [-0.2, -0.15) is 0 Å². The van der Waals surface area contributed by atoms with Gasteiger partial charge >= 0.3 is 0 Å². The van der Waals surface area contributed by atoms with Crippen LogP contribution in [0.5, 0.6) is 0 Å². The van der Waals surface area contributed by atoms with E-state index in [1.807, 2.05) is 0 Å². The average Bonchev–Trinajstić information content (AvgIpc) is 1.97. The average molecular weight is 185 g/mol. The highest BCUT2D eigenvalue weighted by atomic mass is 16.3. The van der Waals surface area contributed by atoms with Crippen LogP contribution in [0.1, 0.15) is 46.0 Å². The molecule has 13 heavy (non-hydrogen) atoms. The zero-order valence-electron chi connectivity index (χ0n) is 8.92. The van der Waals surface area contributed by atoms with Gasteiger partial charge in [-0.05, 0) is 32.6 Å². The van der Waals surface area contributed by atoms with Gasteiger partial charge in [-0.3, -0.25) is 0 Å². The molecule has 2 unspecified atom stereocenters. The highest BCUT2D eigenvalue weighted by Crippen LogP contribution is 2.30. The second-order valence-electron chi connectivity index (χ2n) is 4.51. The smallest absolute Gasteiger partial charge is 0.0445 e. The van der Waals surface area contributed by atoms with Gasteiger partial charge in [0.15, 0.2) is 0 Å². The second-order valence-corrected chi connectivity index (χ2v) is 4.51. The van der Waals surface area contributed by atoms with E-state index in [1.54, 1.807) is 0 Å². The molecule has 78 valence electrons. The summed E-state index contributed by atoms with van der Waals surface area (Å²) in [6, 6.07) is 1.08. The van der Waals surface area contributed by atoms with Gasteiger partial charge in [0, 0.05) is 18.7 Å². The van der Waals surface area contributed by atoms with E-state index in [2.05, 4.69) is 19.2 Å². The van der Waals surface area contributed by atoms with Crippen LogP contribution in [0.15, 0.2) is 0 Å². The molecule has 0 bridgehead atoms. The Morgan fingerprint density at radius 1 is 1.31 bits per heavy atom. The van der Waals surface area contributed by atoms with Gasteiger partial charge in [-0.25, -0.2) is 0 Å². The minimum absolute atomic E-state index is 0.296. The third-order valence-corrected chi connectivity index (χ3v) is 3.04. The largest absolute Gasteiger partial charge is 0.396 e. The Hall–Kier alpha value is -0.0800. The quantitative estimate of drug-likeness (QED) is 0.662. The van der Waals surface area contributed by atoms with E-state index in [9.17, 15) is 0 Å². The Labute approximate surface area is 81.7 Å². The molecule has 0 spiro atoms. The van der Waals surface area contributed by atoms with Gasteiger partial charge in [0.2, 0.25) is 0 Å². The molecule has 0 aromatic heterocycles. The van der Waals surface area contributed by atoms with E-state index in [4.69, 9.17) is 5.11 Å². The van der Waals surface area contributed by atoms with Crippen LogP contribution < -0.4 is 5.32 Å². The molecule has 1 rings (SSSR count). The molecule has 0 amide bonds. The van der Waals surface area contributed by atoms with Crippen LogP contribution in [0.4, 0.5) is 0 Å². The molecule has 2 heteroatoms. The molecule has 1 saturated carbocycles. The highest BCUT2D eigenvalue weighted by Gasteiger charge is 2.20. The molecule has 0 heterocycles. The van der Waals surface area contributed by atoms with Crippen LogP contribution in [-0.4, -0.2) is 23.8 Å². The first kappa shape index (κ1) is 11.0. The van der Waals surface area contributed by atoms with Gasteiger partial charge in [-0.1, -0.05) is 19.3 Å². The maximum Gasteiger partial charge on any atom is 0.0445 e. The lowest BCUT2D eigenvalue weighted by Crippen LogP contribution is -2.37. The summed E-state index contributed by atoms with van der Waals surface area (Å²) in [7, 11) is 0. The van der Waals surface area contributed by atoms with E-state index in [-0.39, 0.29) is 0 Å². The number of rotatable bonds is 6. The van der Waals surface area contributed by atoms with Gasteiger partial charge in [0.05, 0.1) is 0 Å². The van der Waals surface area contributed by atoms with Gasteiger partial charge in [-0.15, -0.1) is 0 Å². The first-order valence-corrected chi connectivity index (χ1v) is 5.59. The second kappa shape index (κ2) is 5.61. The van der Waals surface area contributed by atoms with E-state index < -0.39 is 0 Å². The number of hydrogen-bond donors (Lipinski definition) is 2. The molecule has 0 radical (unpaired) electrons. The predicted molar refractivity (Wildman–Crippen MR) is 55.7 cm³/mol. The Bertz CT molecular complexity index is 134. The third-order valence-electron chi connectivity index (χ3n) is 3.04. The molecule has 0 aromatic carbocycles. The Morgan fingerprint density at radius 2 is 2.00 bits per heavy atom. The van der Waals surface area contributed by atoms with Crippen molar-refractivity contribution in [2.75, 3.05) is 6.61 Å². The molecule has 2 atom stereocenters. The number of hydrogen-bond acceptors (Lipinski definition) is 2. The summed E-state index contributed by atoms with van der Waals surface area (Å²) in [5, 5.41) is 12.3. The molecule has 0 aromatic rings. The molecule has 2 nitrogen and oxygen atoms in total. The summed E-state index contributed by atoms with van der Waals surface area (Å²) in [5.74, 6) is 0.976. The fraction of sp³-hybridized carbons (Fsp3) is 1.00. The predicted octanol–water partition coefficient (Wildman–Crippen LogP) is 1.93. The Morgan fingerprint density at radius 3 is 2.46 bits per heavy atom. The van der Waals surface area contributed by atoms with Crippen molar-refractivity contribution in [2.45, 2.75) is 58.0 Å². The van der Waals surface area contributed by atoms with Crippen molar-refractivity contribution in [1.82, 2.24) is 5.32 Å². The standard InChI is InChI=1S/C11H23NO/c1-9(6-7-13)12-10(2)8-11-4-3-5-11/h9-13H,3-8H2,1-2H3. The van der Waals surface area contributed by atoms with Gasteiger partial charge in [0.25, 0.3) is 0 Å². The minimum atomic E-state index is 0.296. The van der Waals surface area contributed by atoms with Crippen molar-refractivity contribution in [3.8, 4) is 0 Å². The Balaban J connectivity index is 2.04. The highest BCUT2D eigenvalue weighted by molar-refractivity contribution is 4.76. The summed E-state index contributed by atoms with van der Waals surface area (Å²) in [4.78, 5) is 0. The van der Waals surface area contributed by atoms with Crippen LogP contribution in [-0.2, 0) is 0 Å². The summed E-state index contributed by atoms with van der Waals surface area (Å²) in [6.45, 7) is 4.70. The van der Waals surface area contributed by atoms with Crippen molar-refractivity contribution in [1.29, 1.82) is 0 Å². The van der Waals surface area contributed by atoms with Crippen molar-refractivity contribution >= 4 is 0 Å². The lowest BCUT2D eigenvalue weighted by molar-refractivity contribution is 0.238. The third kappa shape index (κ3) is 4.10. The first-order chi connectivity index (χ1) is 6.22. The van der Waals surface area contributed by atoms with E-state index in [0.29, 0.717) is 18.7 Å². The summed E-state index contributed by atoms with van der Waals surface area (Å²) in [6.07, 6.45) is 6.48. The SMILES string of the molecule is CC(CCO)NC(C)CC1CCC1. The van der Waals surface area contributed by atoms with Crippen molar-refractivity contribution in [3.05, 3.63) is 0 Å². The normalized spacial score (nSPS) is 22.4. The van der Waals surface area contributed by atoms with E-state index >= 15 is 0 Å². The number of nitrogens with one attached hydrogen (secondary N) is 1. The first-order valence-electron chi connectivity index (χ1n) is 5.59. The molecule has 2 N–H and O–H groups in total. The van der Waals surface area contributed by atoms with Crippen LogP contribution in [0.3, 0.4) is 0 Å². The maximum atomic E-state index is 8.75. The monoisotopic (exact) mass is 185 g/mol. The molecule has 1 fully saturated rings. The fourth-order valence-electron chi connectivity index (χ4n) is 2.06. The summed E-state index contributed by atoms with van der Waals surface area (Å²) >= 11 is 0. The van der Waals surface area contributed by atoms with Crippen LogP contribution >= 0.6 is 0 Å². The zero-order chi connectivity index (χ0) is 9.68. The topological polar surface area (TPSA) is 32.3 Å². The molecular weight excluding hydrogens is 162 g/mol. The fourth-order valence-corrected chi connectivity index (χ4v) is 2.06. The Kier molecular flexibility index (Phi) is 4.74. The lowest BCUT2D eigenvalue weighted by Gasteiger charge is -2.29. The van der Waals surface area contributed by atoms with Crippen molar-refractivity contribution in [2.24, 2.45) is 5.92 Å². The lowest BCUT2D eigenvalue weighted by atomic mass is 9.81. The summed E-state index contributed by atoms with van der Waals surface area (Å²) < 4.78 is 0. The maximum absolute atomic E-state index is 8.75. The van der Waals surface area contributed by atoms with Crippen LogP contribution in [0.25, 0.3) is 0 Å². The van der Waals surface area contributed by atoms with Crippen molar-refractivity contribution < 1.29 is 5.11 Å². The van der Waals surface area contributed by atoms with Crippen molar-refractivity contribution in [3.63, 3.8) is 0 Å². The zero-order valence-corrected chi connectivity index (χ0v) is 8.92. The van der Waals surface area contributed by atoms with E-state index in [0.717, 1.165) is 12.3 Å². The van der Waals surface area contributed by atoms with Gasteiger partial charge in [0.1, 0.15) is 0 Å². The minimum Gasteiger partial charge on any atom is -0.396 e. The molecule has 1 aliphatic carbocycles. The number of aliphatic hydroxyl groups is 1. The van der Waals surface area contributed by atoms with Gasteiger partial charge < -0.3 is 10.4 Å². The molecule has 0 saturated heterocycles. The molecule has 0 aliphatic heterocycles. The molecular formula is C11H23NO. The van der Waals surface area contributed by atoms with Crippen LogP contribution in [0.2, 0.25) is 0 Å². The summed E-state index contributed by atoms with van der Waals surface area (Å²) in [5.41, 5.74) is 0. The number of aliphatic hydroxyl groups excluding tert-OH is 1. The van der Waals surface area contributed by atoms with E-state index in [1.165, 1.54) is 25.7 Å². The van der Waals surface area contributed by atoms with Crippen LogP contribution in [0, 0.1) is 5.92 Å².